The maximum absolute atomic E-state index is 13.6. The summed E-state index contributed by atoms with van der Waals surface area (Å²) in [5.41, 5.74) is 0.460. The molecule has 2 rings (SSSR count). The van der Waals surface area contributed by atoms with Crippen molar-refractivity contribution in [1.82, 2.24) is 9.62 Å². The molecule has 0 fully saturated rings. The Morgan fingerprint density at radius 2 is 1.75 bits per heavy atom. The van der Waals surface area contributed by atoms with Crippen LogP contribution >= 0.6 is 0 Å². The average molecular weight is 408 g/mol. The average Bonchev–Trinajstić information content (AvgIpc) is 2.67. The summed E-state index contributed by atoms with van der Waals surface area (Å²) in [6, 6.07) is 11.2. The lowest BCUT2D eigenvalue weighted by Gasteiger charge is -2.17. The predicted octanol–water partition coefficient (Wildman–Crippen LogP) is 1.94. The minimum absolute atomic E-state index is 0.0200. The van der Waals surface area contributed by atoms with Crippen LogP contribution in [0.2, 0.25) is 0 Å². The van der Waals surface area contributed by atoms with Crippen molar-refractivity contribution in [3.63, 3.8) is 0 Å². The minimum atomic E-state index is -3.62. The van der Waals surface area contributed by atoms with Crippen LogP contribution < -0.4 is 4.72 Å². The number of rotatable bonds is 8. The van der Waals surface area contributed by atoms with Gasteiger partial charge in [0, 0.05) is 25.7 Å². The van der Waals surface area contributed by atoms with Gasteiger partial charge < -0.3 is 9.64 Å². The van der Waals surface area contributed by atoms with E-state index in [4.69, 9.17) is 4.74 Å². The lowest BCUT2D eigenvalue weighted by Crippen LogP contribution is -2.31. The van der Waals surface area contributed by atoms with Crippen LogP contribution in [-0.2, 0) is 26.1 Å². The van der Waals surface area contributed by atoms with Crippen LogP contribution in [0.15, 0.2) is 53.4 Å². The highest BCUT2D eigenvalue weighted by Gasteiger charge is 2.17. The van der Waals surface area contributed by atoms with Crippen LogP contribution in [0.4, 0.5) is 4.39 Å². The molecule has 0 heterocycles. The van der Waals surface area contributed by atoms with Crippen LogP contribution in [0.5, 0.6) is 0 Å². The first-order chi connectivity index (χ1) is 13.2. The summed E-state index contributed by atoms with van der Waals surface area (Å²) in [7, 11) is -2.14. The van der Waals surface area contributed by atoms with E-state index in [1.165, 1.54) is 42.3 Å². The predicted molar refractivity (Wildman–Crippen MR) is 100 cm³/mol. The highest BCUT2D eigenvalue weighted by molar-refractivity contribution is 7.89. The molecule has 0 radical (unpaired) electrons. The van der Waals surface area contributed by atoms with E-state index in [0.717, 1.165) is 0 Å². The smallest absolute Gasteiger partial charge is 0.338 e. The Bertz CT molecular complexity index is 945. The number of nitrogens with one attached hydrogen (secondary N) is 1. The number of carbonyl (C=O) groups is 2. The summed E-state index contributed by atoms with van der Waals surface area (Å²) in [4.78, 5) is 25.4. The van der Waals surface area contributed by atoms with Gasteiger partial charge in [-0.2, -0.15) is 0 Å². The van der Waals surface area contributed by atoms with Crippen molar-refractivity contribution in [3.8, 4) is 0 Å². The molecule has 2 aromatic carbocycles. The van der Waals surface area contributed by atoms with E-state index in [9.17, 15) is 22.4 Å². The van der Waals surface area contributed by atoms with Crippen LogP contribution in [0, 0.1) is 5.82 Å². The Balaban J connectivity index is 1.92. The van der Waals surface area contributed by atoms with E-state index < -0.39 is 34.3 Å². The Morgan fingerprint density at radius 1 is 1.11 bits per heavy atom. The van der Waals surface area contributed by atoms with Gasteiger partial charge in [0.1, 0.15) is 5.82 Å². The van der Waals surface area contributed by atoms with E-state index >= 15 is 0 Å². The molecule has 0 aliphatic carbocycles. The van der Waals surface area contributed by atoms with Crippen molar-refractivity contribution < 1.29 is 27.1 Å². The SMILES string of the molecule is CCNS(=O)(=O)c1ccc(C(=O)OCC(=O)N(C)Cc2ccccc2F)cc1. The van der Waals surface area contributed by atoms with E-state index in [1.54, 1.807) is 25.1 Å². The number of hydrogen-bond acceptors (Lipinski definition) is 5. The van der Waals surface area contributed by atoms with Crippen molar-refractivity contribution in [2.45, 2.75) is 18.4 Å². The van der Waals surface area contributed by atoms with Gasteiger partial charge in [-0.25, -0.2) is 22.3 Å². The molecule has 0 aromatic heterocycles. The van der Waals surface area contributed by atoms with Crippen LogP contribution in [0.25, 0.3) is 0 Å². The molecule has 7 nitrogen and oxygen atoms in total. The Kier molecular flexibility index (Phi) is 7.24. The first-order valence-electron chi connectivity index (χ1n) is 8.49. The summed E-state index contributed by atoms with van der Waals surface area (Å²) in [5.74, 6) is -1.69. The van der Waals surface area contributed by atoms with Crippen molar-refractivity contribution >= 4 is 21.9 Å². The zero-order chi connectivity index (χ0) is 20.7. The lowest BCUT2D eigenvalue weighted by molar-refractivity contribution is -0.133. The number of ether oxygens (including phenoxy) is 1. The summed E-state index contributed by atoms with van der Waals surface area (Å²) in [6.07, 6.45) is 0. The maximum atomic E-state index is 13.6. The number of carbonyl (C=O) groups excluding carboxylic acids is 2. The molecule has 0 unspecified atom stereocenters. The second kappa shape index (κ2) is 9.43. The highest BCUT2D eigenvalue weighted by Crippen LogP contribution is 2.12. The number of benzene rings is 2. The monoisotopic (exact) mass is 408 g/mol. The first-order valence-corrected chi connectivity index (χ1v) is 9.97. The number of halogens is 1. The van der Waals surface area contributed by atoms with Gasteiger partial charge in [-0.05, 0) is 30.3 Å². The van der Waals surface area contributed by atoms with Gasteiger partial charge in [-0.1, -0.05) is 25.1 Å². The third-order valence-corrected chi connectivity index (χ3v) is 5.41. The number of amides is 1. The molecule has 0 saturated heterocycles. The van der Waals surface area contributed by atoms with E-state index in [2.05, 4.69) is 4.72 Å². The number of sulfonamides is 1. The number of likely N-dealkylation sites (N-methyl/N-ethyl adjacent to an activating group) is 1. The molecule has 28 heavy (non-hydrogen) atoms. The van der Waals surface area contributed by atoms with Crippen molar-refractivity contribution in [3.05, 3.63) is 65.5 Å². The van der Waals surface area contributed by atoms with E-state index in [0.29, 0.717) is 5.56 Å². The van der Waals surface area contributed by atoms with Crippen molar-refractivity contribution in [2.75, 3.05) is 20.2 Å². The summed E-state index contributed by atoms with van der Waals surface area (Å²) >= 11 is 0. The van der Waals surface area contributed by atoms with Crippen molar-refractivity contribution in [1.29, 1.82) is 0 Å². The topological polar surface area (TPSA) is 92.8 Å². The third-order valence-electron chi connectivity index (χ3n) is 3.85. The molecule has 0 spiro atoms. The Morgan fingerprint density at radius 3 is 2.36 bits per heavy atom. The molecule has 150 valence electrons. The Hall–Kier alpha value is -2.78. The molecule has 1 amide bonds. The van der Waals surface area contributed by atoms with Gasteiger partial charge in [-0.3, -0.25) is 4.79 Å². The quantitative estimate of drug-likeness (QED) is 0.674. The van der Waals surface area contributed by atoms with Crippen molar-refractivity contribution in [2.24, 2.45) is 0 Å². The lowest BCUT2D eigenvalue weighted by atomic mass is 10.2. The fourth-order valence-corrected chi connectivity index (χ4v) is 3.38. The summed E-state index contributed by atoms with van der Waals surface area (Å²) < 4.78 is 44.7. The normalized spacial score (nSPS) is 11.1. The first kappa shape index (κ1) is 21.5. The molecule has 0 saturated carbocycles. The molecule has 9 heteroatoms. The molecular formula is C19H21FN2O5S. The fraction of sp³-hybridized carbons (Fsp3) is 0.263. The highest BCUT2D eigenvalue weighted by atomic mass is 32.2. The molecular weight excluding hydrogens is 387 g/mol. The van der Waals surface area contributed by atoms with Gasteiger partial charge in [0.2, 0.25) is 10.0 Å². The third kappa shape index (κ3) is 5.61. The standard InChI is InChI=1S/C19H21FN2O5S/c1-3-21-28(25,26)16-10-8-14(9-11-16)19(24)27-13-18(23)22(2)12-15-6-4-5-7-17(15)20/h4-11,21H,3,12-13H2,1-2H3. The molecule has 0 atom stereocenters. The van der Waals surface area contributed by atoms with Crippen LogP contribution in [0.3, 0.4) is 0 Å². The van der Waals surface area contributed by atoms with Gasteiger partial charge >= 0.3 is 5.97 Å². The van der Waals surface area contributed by atoms with Gasteiger partial charge in [0.15, 0.2) is 6.61 Å². The Labute approximate surface area is 163 Å². The number of hydrogen-bond donors (Lipinski definition) is 1. The fourth-order valence-electron chi connectivity index (χ4n) is 2.33. The maximum Gasteiger partial charge on any atom is 0.338 e. The summed E-state index contributed by atoms with van der Waals surface area (Å²) in [6.45, 7) is 1.43. The van der Waals surface area contributed by atoms with Gasteiger partial charge in [0.05, 0.1) is 10.5 Å². The second-order valence-electron chi connectivity index (χ2n) is 5.94. The minimum Gasteiger partial charge on any atom is -0.452 e. The molecule has 0 aliphatic heterocycles. The second-order valence-corrected chi connectivity index (χ2v) is 7.71. The number of esters is 1. The molecule has 0 aliphatic rings. The van der Waals surface area contributed by atoms with Gasteiger partial charge in [-0.15, -0.1) is 0 Å². The summed E-state index contributed by atoms with van der Waals surface area (Å²) in [5, 5.41) is 0. The van der Waals surface area contributed by atoms with E-state index in [1.807, 2.05) is 0 Å². The zero-order valence-corrected chi connectivity index (χ0v) is 16.3. The zero-order valence-electron chi connectivity index (χ0n) is 15.5. The largest absolute Gasteiger partial charge is 0.452 e. The molecule has 0 bridgehead atoms. The van der Waals surface area contributed by atoms with Gasteiger partial charge in [0.25, 0.3) is 5.91 Å². The van der Waals surface area contributed by atoms with Crippen LogP contribution in [-0.4, -0.2) is 45.4 Å². The molecule has 2 aromatic rings. The molecule has 1 N–H and O–H groups in total. The van der Waals surface area contributed by atoms with Crippen LogP contribution in [0.1, 0.15) is 22.8 Å². The van der Waals surface area contributed by atoms with E-state index in [-0.39, 0.29) is 23.5 Å². The number of nitrogens with zero attached hydrogens (tertiary/aromatic N) is 1.